The molecule has 0 aliphatic heterocycles. The van der Waals surface area contributed by atoms with Crippen LogP contribution in [0.25, 0.3) is 11.0 Å². The Kier molecular flexibility index (Phi) is 3.51. The van der Waals surface area contributed by atoms with Crippen LogP contribution < -0.4 is 5.32 Å². The largest absolute Gasteiger partial charge is 0.342 e. The number of nitrogens with zero attached hydrogens (tertiary/aromatic N) is 2. The molecule has 19 heavy (non-hydrogen) atoms. The van der Waals surface area contributed by atoms with Crippen molar-refractivity contribution >= 4 is 11.0 Å². The van der Waals surface area contributed by atoms with Gasteiger partial charge in [0.15, 0.2) is 0 Å². The summed E-state index contributed by atoms with van der Waals surface area (Å²) in [6, 6.07) is 14.1. The summed E-state index contributed by atoms with van der Waals surface area (Å²) in [5.74, 6) is 1.02. The number of benzene rings is 1. The van der Waals surface area contributed by atoms with Crippen molar-refractivity contribution in [3.63, 3.8) is 0 Å². The molecule has 2 heterocycles. The molecule has 0 aliphatic carbocycles. The van der Waals surface area contributed by atoms with Crippen molar-refractivity contribution in [1.82, 2.24) is 20.3 Å². The summed E-state index contributed by atoms with van der Waals surface area (Å²) in [4.78, 5) is 12.1. The van der Waals surface area contributed by atoms with E-state index in [1.807, 2.05) is 48.7 Å². The van der Waals surface area contributed by atoms with Crippen molar-refractivity contribution in [3.8, 4) is 0 Å². The van der Waals surface area contributed by atoms with E-state index < -0.39 is 0 Å². The standard InChI is InChI=1S/C15H16N4/c1-2-7-14-13(6-1)18-15(19-14)8-10-16-11-12-5-3-4-9-17-12/h1-7,9,16H,8,10-11H2,(H,18,19). The maximum absolute atomic E-state index is 4.55. The summed E-state index contributed by atoms with van der Waals surface area (Å²) in [6.45, 7) is 1.68. The Labute approximate surface area is 111 Å². The number of aromatic amines is 1. The highest BCUT2D eigenvalue weighted by Crippen LogP contribution is 2.10. The molecule has 0 bridgehead atoms. The van der Waals surface area contributed by atoms with E-state index in [0.717, 1.165) is 42.1 Å². The summed E-state index contributed by atoms with van der Waals surface area (Å²) in [7, 11) is 0. The third-order valence-corrected chi connectivity index (χ3v) is 3.01. The molecule has 0 spiro atoms. The van der Waals surface area contributed by atoms with E-state index in [1.54, 1.807) is 0 Å². The van der Waals surface area contributed by atoms with Gasteiger partial charge in [-0.25, -0.2) is 4.98 Å². The van der Waals surface area contributed by atoms with E-state index in [-0.39, 0.29) is 0 Å². The number of hydrogen-bond acceptors (Lipinski definition) is 3. The van der Waals surface area contributed by atoms with Gasteiger partial charge in [-0.15, -0.1) is 0 Å². The SMILES string of the molecule is c1ccc(CNCCc2nc3ccccc3[nH]2)nc1. The lowest BCUT2D eigenvalue weighted by molar-refractivity contribution is 0.664. The van der Waals surface area contributed by atoms with Crippen molar-refractivity contribution in [2.45, 2.75) is 13.0 Å². The van der Waals surface area contributed by atoms with E-state index in [9.17, 15) is 0 Å². The zero-order valence-corrected chi connectivity index (χ0v) is 10.6. The lowest BCUT2D eigenvalue weighted by Gasteiger charge is -2.02. The molecule has 1 aromatic carbocycles. The summed E-state index contributed by atoms with van der Waals surface area (Å²) in [5, 5.41) is 3.37. The summed E-state index contributed by atoms with van der Waals surface area (Å²) in [5.41, 5.74) is 3.19. The van der Waals surface area contributed by atoms with Gasteiger partial charge in [0.2, 0.25) is 0 Å². The molecule has 2 aromatic heterocycles. The summed E-state index contributed by atoms with van der Waals surface area (Å²) < 4.78 is 0. The molecule has 3 rings (SSSR count). The molecule has 0 radical (unpaired) electrons. The second-order valence-corrected chi connectivity index (χ2v) is 4.45. The average molecular weight is 252 g/mol. The van der Waals surface area contributed by atoms with E-state index in [0.29, 0.717) is 0 Å². The van der Waals surface area contributed by atoms with Gasteiger partial charge in [0.25, 0.3) is 0 Å². The number of para-hydroxylation sites is 2. The van der Waals surface area contributed by atoms with Crippen molar-refractivity contribution < 1.29 is 0 Å². The van der Waals surface area contributed by atoms with Crippen LogP contribution in [0.3, 0.4) is 0 Å². The van der Waals surface area contributed by atoms with Crippen LogP contribution in [-0.2, 0) is 13.0 Å². The predicted molar refractivity (Wildman–Crippen MR) is 75.7 cm³/mol. The quantitative estimate of drug-likeness (QED) is 0.685. The lowest BCUT2D eigenvalue weighted by atomic mass is 10.3. The minimum absolute atomic E-state index is 0.793. The predicted octanol–water partition coefficient (Wildman–Crippen LogP) is 2.29. The third kappa shape index (κ3) is 2.98. The van der Waals surface area contributed by atoms with Crippen LogP contribution in [0.15, 0.2) is 48.7 Å². The monoisotopic (exact) mass is 252 g/mol. The first-order chi connectivity index (χ1) is 9.42. The van der Waals surface area contributed by atoms with Gasteiger partial charge in [-0.1, -0.05) is 18.2 Å². The Morgan fingerprint density at radius 2 is 1.95 bits per heavy atom. The fraction of sp³-hybridized carbons (Fsp3) is 0.200. The number of hydrogen-bond donors (Lipinski definition) is 2. The normalized spacial score (nSPS) is 10.9. The highest BCUT2D eigenvalue weighted by molar-refractivity contribution is 5.74. The Bertz CT molecular complexity index is 612. The first-order valence-electron chi connectivity index (χ1n) is 6.46. The zero-order valence-electron chi connectivity index (χ0n) is 10.6. The zero-order chi connectivity index (χ0) is 12.9. The molecule has 0 unspecified atom stereocenters. The fourth-order valence-corrected chi connectivity index (χ4v) is 2.05. The number of fused-ring (bicyclic) bond motifs is 1. The van der Waals surface area contributed by atoms with Gasteiger partial charge in [0, 0.05) is 25.7 Å². The second kappa shape index (κ2) is 5.63. The highest BCUT2D eigenvalue weighted by atomic mass is 14.9. The van der Waals surface area contributed by atoms with Gasteiger partial charge in [0.05, 0.1) is 16.7 Å². The van der Waals surface area contributed by atoms with Crippen molar-refractivity contribution in [2.24, 2.45) is 0 Å². The van der Waals surface area contributed by atoms with Crippen LogP contribution in [-0.4, -0.2) is 21.5 Å². The number of imidazole rings is 1. The van der Waals surface area contributed by atoms with E-state index in [2.05, 4.69) is 20.3 Å². The summed E-state index contributed by atoms with van der Waals surface area (Å²) >= 11 is 0. The minimum atomic E-state index is 0.793. The Hall–Kier alpha value is -2.20. The molecule has 0 atom stereocenters. The molecule has 96 valence electrons. The summed E-state index contributed by atoms with van der Waals surface area (Å²) in [6.07, 6.45) is 2.71. The molecule has 0 aliphatic rings. The molecule has 4 nitrogen and oxygen atoms in total. The molecule has 0 saturated carbocycles. The van der Waals surface area contributed by atoms with Crippen molar-refractivity contribution in [1.29, 1.82) is 0 Å². The van der Waals surface area contributed by atoms with E-state index in [1.165, 1.54) is 0 Å². The number of nitrogens with one attached hydrogen (secondary N) is 2. The van der Waals surface area contributed by atoms with E-state index >= 15 is 0 Å². The van der Waals surface area contributed by atoms with Crippen molar-refractivity contribution in [3.05, 3.63) is 60.2 Å². The fourth-order valence-electron chi connectivity index (χ4n) is 2.05. The van der Waals surface area contributed by atoms with Gasteiger partial charge in [-0.3, -0.25) is 4.98 Å². The van der Waals surface area contributed by atoms with Gasteiger partial charge < -0.3 is 10.3 Å². The second-order valence-electron chi connectivity index (χ2n) is 4.45. The molecule has 3 aromatic rings. The van der Waals surface area contributed by atoms with Crippen LogP contribution >= 0.6 is 0 Å². The molecule has 0 amide bonds. The Morgan fingerprint density at radius 1 is 1.05 bits per heavy atom. The molecule has 0 saturated heterocycles. The van der Waals surface area contributed by atoms with Crippen LogP contribution in [0, 0.1) is 0 Å². The Balaban J connectivity index is 1.52. The van der Waals surface area contributed by atoms with Crippen LogP contribution in [0.2, 0.25) is 0 Å². The maximum Gasteiger partial charge on any atom is 0.108 e. The number of aromatic nitrogens is 3. The number of H-pyrrole nitrogens is 1. The first-order valence-corrected chi connectivity index (χ1v) is 6.46. The smallest absolute Gasteiger partial charge is 0.108 e. The van der Waals surface area contributed by atoms with Crippen molar-refractivity contribution in [2.75, 3.05) is 6.54 Å². The van der Waals surface area contributed by atoms with Gasteiger partial charge in [0.1, 0.15) is 5.82 Å². The van der Waals surface area contributed by atoms with Gasteiger partial charge in [-0.2, -0.15) is 0 Å². The van der Waals surface area contributed by atoms with Gasteiger partial charge in [-0.05, 0) is 24.3 Å². The molecular formula is C15H16N4. The van der Waals surface area contributed by atoms with Crippen LogP contribution in [0.5, 0.6) is 0 Å². The first kappa shape index (κ1) is 11.9. The van der Waals surface area contributed by atoms with Crippen LogP contribution in [0.1, 0.15) is 11.5 Å². The topological polar surface area (TPSA) is 53.6 Å². The molecule has 2 N–H and O–H groups in total. The third-order valence-electron chi connectivity index (χ3n) is 3.01. The molecule has 4 heteroatoms. The lowest BCUT2D eigenvalue weighted by Crippen LogP contribution is -2.17. The van der Waals surface area contributed by atoms with Crippen LogP contribution in [0.4, 0.5) is 0 Å². The molecule has 0 fully saturated rings. The Morgan fingerprint density at radius 3 is 2.79 bits per heavy atom. The number of rotatable bonds is 5. The average Bonchev–Trinajstić information content (AvgIpc) is 2.87. The maximum atomic E-state index is 4.55. The minimum Gasteiger partial charge on any atom is -0.342 e. The molecular weight excluding hydrogens is 236 g/mol. The van der Waals surface area contributed by atoms with E-state index in [4.69, 9.17) is 0 Å². The van der Waals surface area contributed by atoms with Gasteiger partial charge >= 0.3 is 0 Å². The number of pyridine rings is 1. The highest BCUT2D eigenvalue weighted by Gasteiger charge is 2.01.